The molecule has 0 aliphatic rings. The fourth-order valence-electron chi connectivity index (χ4n) is 1.34. The number of hydrogen-bond donors (Lipinski definition) is 4. The number of aromatic carboxylic acids is 1. The highest BCUT2D eigenvalue weighted by molar-refractivity contribution is 5.90. The van der Waals surface area contributed by atoms with E-state index in [9.17, 15) is 14.0 Å². The Morgan fingerprint density at radius 2 is 2.06 bits per heavy atom. The Morgan fingerprint density at radius 1 is 1.39 bits per heavy atom. The second kappa shape index (κ2) is 5.85. The molecule has 1 amide bonds. The van der Waals surface area contributed by atoms with E-state index in [0.717, 1.165) is 12.1 Å². The zero-order valence-corrected chi connectivity index (χ0v) is 9.79. The van der Waals surface area contributed by atoms with Gasteiger partial charge in [-0.05, 0) is 12.1 Å². The van der Waals surface area contributed by atoms with Crippen molar-refractivity contribution in [1.29, 1.82) is 0 Å². The van der Waals surface area contributed by atoms with Crippen molar-refractivity contribution >= 4 is 23.3 Å². The van der Waals surface area contributed by atoms with Crippen molar-refractivity contribution in [3.05, 3.63) is 23.5 Å². The van der Waals surface area contributed by atoms with Crippen molar-refractivity contribution in [2.45, 2.75) is 6.92 Å². The molecule has 18 heavy (non-hydrogen) atoms. The van der Waals surface area contributed by atoms with Crippen LogP contribution in [0.15, 0.2) is 12.1 Å². The van der Waals surface area contributed by atoms with Gasteiger partial charge in [-0.3, -0.25) is 4.79 Å². The van der Waals surface area contributed by atoms with Gasteiger partial charge in [-0.15, -0.1) is 0 Å². The number of amides is 1. The number of rotatable bonds is 5. The van der Waals surface area contributed by atoms with Crippen molar-refractivity contribution in [1.82, 2.24) is 5.32 Å². The van der Waals surface area contributed by atoms with E-state index >= 15 is 0 Å². The lowest BCUT2D eigenvalue weighted by atomic mass is 10.1. The molecule has 0 aliphatic heterocycles. The molecule has 0 aromatic heterocycles. The fourth-order valence-corrected chi connectivity index (χ4v) is 1.34. The van der Waals surface area contributed by atoms with E-state index < -0.39 is 17.3 Å². The number of hydrogen-bond acceptors (Lipinski definition) is 4. The Hall–Kier alpha value is -2.31. The zero-order valence-electron chi connectivity index (χ0n) is 9.79. The van der Waals surface area contributed by atoms with E-state index in [1.54, 1.807) is 0 Å². The summed E-state index contributed by atoms with van der Waals surface area (Å²) >= 11 is 0. The molecule has 0 atom stereocenters. The number of halogens is 1. The van der Waals surface area contributed by atoms with Crippen molar-refractivity contribution in [3.8, 4) is 0 Å². The number of carbonyl (C=O) groups is 2. The van der Waals surface area contributed by atoms with E-state index in [4.69, 9.17) is 10.8 Å². The predicted molar refractivity (Wildman–Crippen MR) is 64.9 cm³/mol. The summed E-state index contributed by atoms with van der Waals surface area (Å²) in [6.45, 7) is 2.10. The van der Waals surface area contributed by atoms with Crippen LogP contribution in [0.5, 0.6) is 0 Å². The molecule has 1 aromatic carbocycles. The predicted octanol–water partition coefficient (Wildman–Crippen LogP) is 0.654. The van der Waals surface area contributed by atoms with Crippen LogP contribution in [0.25, 0.3) is 0 Å². The third kappa shape index (κ3) is 3.62. The van der Waals surface area contributed by atoms with Gasteiger partial charge in [-0.25, -0.2) is 9.18 Å². The van der Waals surface area contributed by atoms with Crippen molar-refractivity contribution in [2.75, 3.05) is 24.1 Å². The van der Waals surface area contributed by atoms with Gasteiger partial charge in [0.05, 0.1) is 16.9 Å². The smallest absolute Gasteiger partial charge is 0.338 e. The Bertz CT molecular complexity index is 477. The van der Waals surface area contributed by atoms with Crippen LogP contribution < -0.4 is 16.4 Å². The van der Waals surface area contributed by atoms with Crippen LogP contribution in [0.2, 0.25) is 0 Å². The molecule has 0 spiro atoms. The molecule has 5 N–H and O–H groups in total. The van der Waals surface area contributed by atoms with Crippen LogP contribution in [0.3, 0.4) is 0 Å². The lowest BCUT2D eigenvalue weighted by molar-refractivity contribution is -0.118. The topological polar surface area (TPSA) is 104 Å². The SMILES string of the molecule is CC(=O)NCCNc1cc(F)c(C(=O)O)cc1N. The Balaban J connectivity index is 2.70. The fraction of sp³-hybridized carbons (Fsp3) is 0.273. The molecule has 0 saturated heterocycles. The van der Waals surface area contributed by atoms with E-state index in [-0.39, 0.29) is 11.6 Å². The molecule has 0 unspecified atom stereocenters. The largest absolute Gasteiger partial charge is 0.478 e. The van der Waals surface area contributed by atoms with E-state index in [0.29, 0.717) is 18.8 Å². The number of nitrogen functional groups attached to an aromatic ring is 1. The van der Waals surface area contributed by atoms with Gasteiger partial charge < -0.3 is 21.5 Å². The van der Waals surface area contributed by atoms with Crippen LogP contribution in [-0.4, -0.2) is 30.1 Å². The van der Waals surface area contributed by atoms with E-state index in [1.165, 1.54) is 6.92 Å². The molecule has 98 valence electrons. The van der Waals surface area contributed by atoms with Crippen LogP contribution in [0.1, 0.15) is 17.3 Å². The van der Waals surface area contributed by atoms with Crippen LogP contribution in [0, 0.1) is 5.82 Å². The first kappa shape index (κ1) is 13.8. The van der Waals surface area contributed by atoms with Gasteiger partial charge in [0.15, 0.2) is 0 Å². The van der Waals surface area contributed by atoms with Gasteiger partial charge in [0, 0.05) is 20.0 Å². The molecule has 1 aromatic rings. The monoisotopic (exact) mass is 255 g/mol. The van der Waals surface area contributed by atoms with Crippen LogP contribution in [-0.2, 0) is 4.79 Å². The first-order chi connectivity index (χ1) is 8.41. The second-order valence-corrected chi connectivity index (χ2v) is 3.63. The van der Waals surface area contributed by atoms with Crippen molar-refractivity contribution in [2.24, 2.45) is 0 Å². The number of nitrogens with one attached hydrogen (secondary N) is 2. The molecule has 0 saturated carbocycles. The van der Waals surface area contributed by atoms with Crippen molar-refractivity contribution < 1.29 is 19.1 Å². The van der Waals surface area contributed by atoms with Crippen LogP contribution in [0.4, 0.5) is 15.8 Å². The number of carboxylic acid groups (broad SMARTS) is 1. The standard InChI is InChI=1S/C11H14FN3O3/c1-6(16)14-2-3-15-10-5-8(12)7(11(17)18)4-9(10)13/h4-5,15H,2-3,13H2,1H3,(H,14,16)(H,17,18). The highest BCUT2D eigenvalue weighted by atomic mass is 19.1. The molecule has 7 heteroatoms. The molecule has 1 rings (SSSR count). The minimum absolute atomic E-state index is 0.136. The summed E-state index contributed by atoms with van der Waals surface area (Å²) in [5.41, 5.74) is 5.55. The summed E-state index contributed by atoms with van der Waals surface area (Å²) in [6.07, 6.45) is 0. The third-order valence-corrected chi connectivity index (χ3v) is 2.18. The van der Waals surface area contributed by atoms with E-state index in [1.807, 2.05) is 0 Å². The minimum atomic E-state index is -1.37. The van der Waals surface area contributed by atoms with Gasteiger partial charge in [0.25, 0.3) is 0 Å². The molecular formula is C11H14FN3O3. The quantitative estimate of drug-likeness (QED) is 0.457. The molecule has 0 radical (unpaired) electrons. The first-order valence-corrected chi connectivity index (χ1v) is 5.22. The summed E-state index contributed by atoms with van der Waals surface area (Å²) in [7, 11) is 0. The Kier molecular flexibility index (Phi) is 4.47. The molecule has 0 aliphatic carbocycles. The molecule has 0 heterocycles. The highest BCUT2D eigenvalue weighted by Crippen LogP contribution is 2.22. The summed E-state index contributed by atoms with van der Waals surface area (Å²) < 4.78 is 13.4. The normalized spacial score (nSPS) is 9.89. The maximum atomic E-state index is 13.4. The van der Waals surface area contributed by atoms with E-state index in [2.05, 4.69) is 10.6 Å². The molecular weight excluding hydrogens is 241 g/mol. The van der Waals surface area contributed by atoms with Gasteiger partial charge >= 0.3 is 5.97 Å². The molecule has 0 fully saturated rings. The summed E-state index contributed by atoms with van der Waals surface area (Å²) in [4.78, 5) is 21.3. The number of anilines is 2. The second-order valence-electron chi connectivity index (χ2n) is 3.63. The average Bonchev–Trinajstić information content (AvgIpc) is 2.27. The summed E-state index contributed by atoms with van der Waals surface area (Å²) in [5, 5.41) is 14.0. The Labute approximate surface area is 103 Å². The number of benzene rings is 1. The number of nitrogens with two attached hydrogens (primary N) is 1. The van der Waals surface area contributed by atoms with Gasteiger partial charge in [0.1, 0.15) is 5.82 Å². The maximum Gasteiger partial charge on any atom is 0.338 e. The molecule has 6 nitrogen and oxygen atoms in total. The third-order valence-electron chi connectivity index (χ3n) is 2.18. The lowest BCUT2D eigenvalue weighted by Gasteiger charge is -2.10. The number of carboxylic acids is 1. The molecule has 0 bridgehead atoms. The summed E-state index contributed by atoms with van der Waals surface area (Å²) in [6, 6.07) is 2.07. The Morgan fingerprint density at radius 3 is 2.61 bits per heavy atom. The van der Waals surface area contributed by atoms with Gasteiger partial charge in [-0.1, -0.05) is 0 Å². The zero-order chi connectivity index (χ0) is 13.7. The minimum Gasteiger partial charge on any atom is -0.478 e. The van der Waals surface area contributed by atoms with Crippen LogP contribution >= 0.6 is 0 Å². The maximum absolute atomic E-state index is 13.4. The first-order valence-electron chi connectivity index (χ1n) is 5.22. The number of carbonyl (C=O) groups excluding carboxylic acids is 1. The highest BCUT2D eigenvalue weighted by Gasteiger charge is 2.13. The van der Waals surface area contributed by atoms with Gasteiger partial charge in [0.2, 0.25) is 5.91 Å². The summed E-state index contributed by atoms with van der Waals surface area (Å²) in [5.74, 6) is -2.40. The van der Waals surface area contributed by atoms with Crippen molar-refractivity contribution in [3.63, 3.8) is 0 Å². The lowest BCUT2D eigenvalue weighted by Crippen LogP contribution is -2.26. The van der Waals surface area contributed by atoms with Gasteiger partial charge in [-0.2, -0.15) is 0 Å². The average molecular weight is 255 g/mol.